The van der Waals surface area contributed by atoms with Crippen LogP contribution in [0.25, 0.3) is 0 Å². The third-order valence-electron chi connectivity index (χ3n) is 4.35. The van der Waals surface area contributed by atoms with E-state index in [1.165, 1.54) is 68.9 Å². The highest BCUT2D eigenvalue weighted by molar-refractivity contribution is 5.54. The predicted molar refractivity (Wildman–Crippen MR) is 83.7 cm³/mol. The Bertz CT molecular complexity index is 244. The van der Waals surface area contributed by atoms with Crippen LogP contribution in [0, 0.1) is 11.1 Å². The number of rotatable bonds is 10. The van der Waals surface area contributed by atoms with Crippen molar-refractivity contribution >= 4 is 6.21 Å². The number of nitrogens with zero attached hydrogens (tertiary/aromatic N) is 1. The molecule has 1 fully saturated rings. The van der Waals surface area contributed by atoms with Crippen LogP contribution in [0.5, 0.6) is 0 Å². The average molecular weight is 267 g/mol. The molecular formula is C17H33NO. The molecule has 1 rings (SSSR count). The lowest BCUT2D eigenvalue weighted by Gasteiger charge is -2.13. The molecule has 2 nitrogen and oxygen atoms in total. The maximum Gasteiger partial charge on any atom is 0.162 e. The van der Waals surface area contributed by atoms with E-state index in [-0.39, 0.29) is 6.04 Å². The highest BCUT2D eigenvalue weighted by atomic mass is 16.5. The van der Waals surface area contributed by atoms with E-state index >= 15 is 0 Å². The van der Waals surface area contributed by atoms with Crippen molar-refractivity contribution in [3.63, 3.8) is 0 Å². The zero-order chi connectivity index (χ0) is 13.9. The third-order valence-corrected chi connectivity index (χ3v) is 4.35. The van der Waals surface area contributed by atoms with Gasteiger partial charge in [0.25, 0.3) is 0 Å². The molecule has 0 aromatic rings. The third kappa shape index (κ3) is 7.59. The molecular weight excluding hydrogens is 234 g/mol. The molecule has 0 amide bonds. The molecule has 19 heavy (non-hydrogen) atoms. The van der Waals surface area contributed by atoms with Gasteiger partial charge in [-0.1, -0.05) is 58.8 Å². The monoisotopic (exact) mass is 267 g/mol. The van der Waals surface area contributed by atoms with Gasteiger partial charge in [-0.15, -0.1) is 0 Å². The van der Waals surface area contributed by atoms with E-state index < -0.39 is 0 Å². The minimum Gasteiger partial charge on any atom is -0.624 e. The van der Waals surface area contributed by atoms with Gasteiger partial charge in [-0.3, -0.25) is 0 Å². The molecule has 1 aliphatic carbocycles. The molecule has 0 spiro atoms. The molecule has 1 atom stereocenters. The minimum atomic E-state index is 0.288. The maximum absolute atomic E-state index is 11.9. The van der Waals surface area contributed by atoms with E-state index in [2.05, 4.69) is 13.8 Å². The molecule has 1 unspecified atom stereocenters. The Balaban J connectivity index is 2.03. The van der Waals surface area contributed by atoms with E-state index in [9.17, 15) is 5.21 Å². The SMILES string of the molecule is CCCCCCCCCC(C)/C=[N+](/[O-])C1CCCC1. The van der Waals surface area contributed by atoms with Crippen LogP contribution < -0.4 is 0 Å². The molecule has 0 saturated heterocycles. The summed E-state index contributed by atoms with van der Waals surface area (Å²) in [5.74, 6) is 0.453. The Morgan fingerprint density at radius 1 is 1.05 bits per heavy atom. The van der Waals surface area contributed by atoms with Gasteiger partial charge in [0.05, 0.1) is 0 Å². The fourth-order valence-electron chi connectivity index (χ4n) is 3.03. The number of hydrogen-bond acceptors (Lipinski definition) is 1. The van der Waals surface area contributed by atoms with Crippen molar-refractivity contribution in [2.75, 3.05) is 0 Å². The van der Waals surface area contributed by atoms with Crippen LogP contribution in [0.4, 0.5) is 0 Å². The Morgan fingerprint density at radius 2 is 1.63 bits per heavy atom. The normalized spacial score (nSPS) is 18.9. The Hall–Kier alpha value is -0.530. The van der Waals surface area contributed by atoms with Gasteiger partial charge in [-0.25, -0.2) is 4.74 Å². The molecule has 0 bridgehead atoms. The number of unbranched alkanes of at least 4 members (excludes halogenated alkanes) is 6. The minimum absolute atomic E-state index is 0.288. The summed E-state index contributed by atoms with van der Waals surface area (Å²) >= 11 is 0. The summed E-state index contributed by atoms with van der Waals surface area (Å²) in [5, 5.41) is 11.9. The summed E-state index contributed by atoms with van der Waals surface area (Å²) in [6, 6.07) is 0.288. The van der Waals surface area contributed by atoms with Gasteiger partial charge in [0.15, 0.2) is 12.3 Å². The quantitative estimate of drug-likeness (QED) is 0.174. The number of hydroxylamine groups is 1. The molecule has 0 radical (unpaired) electrons. The maximum atomic E-state index is 11.9. The van der Waals surface area contributed by atoms with Gasteiger partial charge in [0.2, 0.25) is 0 Å². The molecule has 0 heterocycles. The molecule has 2 heteroatoms. The van der Waals surface area contributed by atoms with Crippen LogP contribution in [0.2, 0.25) is 0 Å². The first-order chi connectivity index (χ1) is 9.24. The van der Waals surface area contributed by atoms with Crippen molar-refractivity contribution in [1.82, 2.24) is 0 Å². The molecule has 112 valence electrons. The smallest absolute Gasteiger partial charge is 0.162 e. The topological polar surface area (TPSA) is 26.1 Å². The summed E-state index contributed by atoms with van der Waals surface area (Å²) in [7, 11) is 0. The van der Waals surface area contributed by atoms with E-state index in [1.54, 1.807) is 0 Å². The van der Waals surface area contributed by atoms with Crippen molar-refractivity contribution in [3.8, 4) is 0 Å². The van der Waals surface area contributed by atoms with Crippen LogP contribution >= 0.6 is 0 Å². The fourth-order valence-corrected chi connectivity index (χ4v) is 3.03. The molecule has 0 aromatic carbocycles. The van der Waals surface area contributed by atoms with Crippen molar-refractivity contribution in [1.29, 1.82) is 0 Å². The van der Waals surface area contributed by atoms with E-state index in [0.29, 0.717) is 5.92 Å². The van der Waals surface area contributed by atoms with Crippen molar-refractivity contribution < 1.29 is 4.74 Å². The van der Waals surface area contributed by atoms with Gasteiger partial charge in [0.1, 0.15) is 0 Å². The van der Waals surface area contributed by atoms with Crippen molar-refractivity contribution in [3.05, 3.63) is 5.21 Å². The van der Waals surface area contributed by atoms with Crippen LogP contribution in [0.15, 0.2) is 0 Å². The first-order valence-electron chi connectivity index (χ1n) is 8.54. The molecule has 1 aliphatic rings. The van der Waals surface area contributed by atoms with Crippen LogP contribution in [0.3, 0.4) is 0 Å². The molecule has 0 aliphatic heterocycles. The highest BCUT2D eigenvalue weighted by Crippen LogP contribution is 2.20. The van der Waals surface area contributed by atoms with Crippen LogP contribution in [-0.2, 0) is 0 Å². The highest BCUT2D eigenvalue weighted by Gasteiger charge is 2.21. The summed E-state index contributed by atoms with van der Waals surface area (Å²) < 4.78 is 1.26. The lowest BCUT2D eigenvalue weighted by atomic mass is 10.0. The van der Waals surface area contributed by atoms with Gasteiger partial charge >= 0.3 is 0 Å². The Kier molecular flexibility index (Phi) is 8.94. The van der Waals surface area contributed by atoms with Crippen molar-refractivity contribution in [2.24, 2.45) is 5.92 Å². The summed E-state index contributed by atoms with van der Waals surface area (Å²) in [5.41, 5.74) is 0. The second-order valence-electron chi connectivity index (χ2n) is 6.33. The Labute approximate surface area is 119 Å². The first kappa shape index (κ1) is 16.5. The Morgan fingerprint density at radius 3 is 2.26 bits per heavy atom. The lowest BCUT2D eigenvalue weighted by molar-refractivity contribution is -0.497. The molecule has 0 aromatic heterocycles. The van der Waals surface area contributed by atoms with Gasteiger partial charge in [-0.2, -0.15) is 0 Å². The first-order valence-corrected chi connectivity index (χ1v) is 8.54. The summed E-state index contributed by atoms with van der Waals surface area (Å²) in [4.78, 5) is 0. The van der Waals surface area contributed by atoms with Gasteiger partial charge < -0.3 is 5.21 Å². The van der Waals surface area contributed by atoms with Crippen molar-refractivity contribution in [2.45, 2.75) is 96.9 Å². The zero-order valence-corrected chi connectivity index (χ0v) is 13.1. The van der Waals surface area contributed by atoms with Gasteiger partial charge in [-0.05, 0) is 19.3 Å². The average Bonchev–Trinajstić information content (AvgIpc) is 2.91. The summed E-state index contributed by atoms with van der Waals surface area (Å²) in [6.07, 6.45) is 17.3. The zero-order valence-electron chi connectivity index (χ0n) is 13.1. The lowest BCUT2D eigenvalue weighted by Crippen LogP contribution is -2.21. The van der Waals surface area contributed by atoms with E-state index in [0.717, 1.165) is 12.8 Å². The second-order valence-corrected chi connectivity index (χ2v) is 6.33. The molecule has 0 N–H and O–H groups in total. The number of hydrogen-bond donors (Lipinski definition) is 0. The van der Waals surface area contributed by atoms with Crippen LogP contribution in [0.1, 0.15) is 90.9 Å². The standard InChI is InChI=1S/C17H33NO/c1-3-4-5-6-7-8-9-12-16(2)15-18(19)17-13-10-11-14-17/h15-17H,3-14H2,1-2H3/b18-15+. The van der Waals surface area contributed by atoms with Gasteiger partial charge in [0, 0.05) is 18.8 Å². The van der Waals surface area contributed by atoms with E-state index in [4.69, 9.17) is 0 Å². The van der Waals surface area contributed by atoms with E-state index in [1.807, 2.05) is 6.21 Å². The second kappa shape index (κ2) is 10.3. The molecule has 1 saturated carbocycles. The summed E-state index contributed by atoms with van der Waals surface area (Å²) in [6.45, 7) is 4.45. The van der Waals surface area contributed by atoms with Crippen LogP contribution in [-0.4, -0.2) is 17.0 Å². The largest absolute Gasteiger partial charge is 0.624 e. The predicted octanol–water partition coefficient (Wildman–Crippen LogP) is 5.29. The fraction of sp³-hybridized carbons (Fsp3) is 0.941.